The van der Waals surface area contributed by atoms with E-state index in [0.29, 0.717) is 11.1 Å². The molecule has 0 aliphatic heterocycles. The lowest BCUT2D eigenvalue weighted by atomic mass is 9.91. The summed E-state index contributed by atoms with van der Waals surface area (Å²) in [5.41, 5.74) is 4.70. The first-order valence-electron chi connectivity index (χ1n) is 6.31. The van der Waals surface area contributed by atoms with Gasteiger partial charge >= 0.3 is 6.18 Å². The summed E-state index contributed by atoms with van der Waals surface area (Å²) >= 11 is 0. The molecule has 112 valence electrons. The predicted octanol–water partition coefficient (Wildman–Crippen LogP) is 3.27. The van der Waals surface area contributed by atoms with Crippen LogP contribution in [0.1, 0.15) is 16.7 Å². The van der Waals surface area contributed by atoms with E-state index in [4.69, 9.17) is 11.0 Å². The molecule has 0 aliphatic carbocycles. The number of nitriles is 1. The minimum absolute atomic E-state index is 0.114. The molecular weight excluding hydrogens is 293 g/mol. The van der Waals surface area contributed by atoms with E-state index in [0.717, 1.165) is 6.07 Å². The van der Waals surface area contributed by atoms with E-state index in [-0.39, 0.29) is 12.0 Å². The molecule has 0 saturated heterocycles. The molecule has 3 nitrogen and oxygen atoms in total. The van der Waals surface area contributed by atoms with Crippen molar-refractivity contribution in [2.45, 2.75) is 12.6 Å². The molecule has 0 atom stereocenters. The molecule has 22 heavy (non-hydrogen) atoms. The van der Waals surface area contributed by atoms with Gasteiger partial charge < -0.3 is 5.73 Å². The molecule has 6 heteroatoms. The van der Waals surface area contributed by atoms with Crippen molar-refractivity contribution < 1.29 is 18.0 Å². The van der Waals surface area contributed by atoms with Crippen molar-refractivity contribution in [2.24, 2.45) is 5.73 Å². The van der Waals surface area contributed by atoms with Crippen molar-refractivity contribution in [3.05, 3.63) is 59.2 Å². The van der Waals surface area contributed by atoms with Gasteiger partial charge in [-0.25, -0.2) is 0 Å². The number of nitrogens with two attached hydrogens (primary N) is 1. The van der Waals surface area contributed by atoms with Crippen molar-refractivity contribution in [1.82, 2.24) is 0 Å². The van der Waals surface area contributed by atoms with Gasteiger partial charge in [-0.15, -0.1) is 0 Å². The normalized spacial score (nSPS) is 11.0. The Labute approximate surface area is 124 Å². The van der Waals surface area contributed by atoms with Crippen molar-refractivity contribution in [1.29, 1.82) is 5.26 Å². The van der Waals surface area contributed by atoms with Gasteiger partial charge in [0, 0.05) is 5.56 Å². The van der Waals surface area contributed by atoms with Gasteiger partial charge in [-0.1, -0.05) is 36.4 Å². The highest BCUT2D eigenvalue weighted by Crippen LogP contribution is 2.37. The summed E-state index contributed by atoms with van der Waals surface area (Å²) in [5, 5.41) is 9.16. The monoisotopic (exact) mass is 304 g/mol. The highest BCUT2D eigenvalue weighted by Gasteiger charge is 2.34. The molecule has 0 aromatic heterocycles. The van der Waals surface area contributed by atoms with Crippen LogP contribution in [-0.2, 0) is 17.4 Å². The van der Waals surface area contributed by atoms with Crippen LogP contribution in [0.15, 0.2) is 42.5 Å². The van der Waals surface area contributed by atoms with Crippen molar-refractivity contribution in [3.63, 3.8) is 0 Å². The Hall–Kier alpha value is -2.81. The first-order chi connectivity index (χ1) is 10.3. The maximum atomic E-state index is 13.0. The Morgan fingerprint density at radius 1 is 1.09 bits per heavy atom. The highest BCUT2D eigenvalue weighted by molar-refractivity contribution is 5.82. The van der Waals surface area contributed by atoms with Crippen LogP contribution in [0.2, 0.25) is 0 Å². The minimum Gasteiger partial charge on any atom is -0.369 e. The van der Waals surface area contributed by atoms with E-state index in [2.05, 4.69) is 0 Å². The predicted molar refractivity (Wildman–Crippen MR) is 74.5 cm³/mol. The number of benzene rings is 2. The van der Waals surface area contributed by atoms with Gasteiger partial charge in [0.25, 0.3) is 0 Å². The molecule has 0 fully saturated rings. The Balaban J connectivity index is 2.70. The Morgan fingerprint density at radius 3 is 2.32 bits per heavy atom. The lowest BCUT2D eigenvalue weighted by Gasteiger charge is -2.14. The average Bonchev–Trinajstić information content (AvgIpc) is 2.45. The zero-order chi connectivity index (χ0) is 16.3. The number of carbonyl (C=O) groups is 1. The second kappa shape index (κ2) is 5.90. The Kier molecular flexibility index (Phi) is 4.18. The smallest absolute Gasteiger partial charge is 0.369 e. The van der Waals surface area contributed by atoms with Crippen LogP contribution in [0.3, 0.4) is 0 Å². The summed E-state index contributed by atoms with van der Waals surface area (Å²) in [5.74, 6) is -0.599. The fraction of sp³-hybridized carbons (Fsp3) is 0.125. The van der Waals surface area contributed by atoms with Crippen LogP contribution in [0.5, 0.6) is 0 Å². The first-order valence-corrected chi connectivity index (χ1v) is 6.31. The van der Waals surface area contributed by atoms with E-state index < -0.39 is 23.2 Å². The molecule has 0 aliphatic rings. The minimum atomic E-state index is -4.63. The number of amides is 1. The van der Waals surface area contributed by atoms with Gasteiger partial charge in [0.1, 0.15) is 6.07 Å². The van der Waals surface area contributed by atoms with E-state index >= 15 is 0 Å². The molecule has 2 aromatic carbocycles. The largest absolute Gasteiger partial charge is 0.417 e. The van der Waals surface area contributed by atoms with E-state index in [1.54, 1.807) is 30.3 Å². The summed E-state index contributed by atoms with van der Waals surface area (Å²) in [4.78, 5) is 11.1. The zero-order valence-corrected chi connectivity index (χ0v) is 11.3. The molecule has 0 spiro atoms. The zero-order valence-electron chi connectivity index (χ0n) is 11.3. The van der Waals surface area contributed by atoms with Gasteiger partial charge in [-0.2, -0.15) is 18.4 Å². The second-order valence-corrected chi connectivity index (χ2v) is 4.64. The third kappa shape index (κ3) is 3.09. The van der Waals surface area contributed by atoms with Crippen LogP contribution in [-0.4, -0.2) is 5.91 Å². The fourth-order valence-electron chi connectivity index (χ4n) is 2.26. The van der Waals surface area contributed by atoms with Crippen molar-refractivity contribution >= 4 is 5.91 Å². The lowest BCUT2D eigenvalue weighted by molar-refractivity contribution is -0.137. The Morgan fingerprint density at radius 2 is 1.73 bits per heavy atom. The standard InChI is InChI=1S/C16H11F3N2O/c17-16(18,19)14-7-3-6-12(13(14)9-20)11-5-2-1-4-10(11)8-15(21)22/h1-7H,8H2,(H2,21,22). The first kappa shape index (κ1) is 15.6. The van der Waals surface area contributed by atoms with E-state index in [1.807, 2.05) is 0 Å². The number of rotatable bonds is 3. The van der Waals surface area contributed by atoms with Crippen LogP contribution in [0, 0.1) is 11.3 Å². The number of hydrogen-bond acceptors (Lipinski definition) is 2. The highest BCUT2D eigenvalue weighted by atomic mass is 19.4. The van der Waals surface area contributed by atoms with Crippen LogP contribution >= 0.6 is 0 Å². The van der Waals surface area contributed by atoms with Gasteiger partial charge in [0.15, 0.2) is 0 Å². The summed E-state index contributed by atoms with van der Waals surface area (Å²) in [6.45, 7) is 0. The molecule has 0 saturated carbocycles. The van der Waals surface area contributed by atoms with E-state index in [1.165, 1.54) is 12.1 Å². The molecule has 1 amide bonds. The summed E-state index contributed by atoms with van der Waals surface area (Å²) in [6, 6.07) is 11.6. The number of primary amides is 1. The molecular formula is C16H11F3N2O. The Bertz CT molecular complexity index is 761. The number of hydrogen-bond donors (Lipinski definition) is 1. The van der Waals surface area contributed by atoms with Crippen molar-refractivity contribution in [2.75, 3.05) is 0 Å². The second-order valence-electron chi connectivity index (χ2n) is 4.64. The third-order valence-electron chi connectivity index (χ3n) is 3.15. The van der Waals surface area contributed by atoms with Crippen LogP contribution < -0.4 is 5.73 Å². The number of carbonyl (C=O) groups excluding carboxylic acids is 1. The average molecular weight is 304 g/mol. The molecule has 2 N–H and O–H groups in total. The maximum absolute atomic E-state index is 13.0. The van der Waals surface area contributed by atoms with Gasteiger partial charge in [0.2, 0.25) is 5.91 Å². The van der Waals surface area contributed by atoms with Crippen LogP contribution in [0.4, 0.5) is 13.2 Å². The number of alkyl halides is 3. The quantitative estimate of drug-likeness (QED) is 0.945. The van der Waals surface area contributed by atoms with Gasteiger partial charge in [-0.05, 0) is 17.2 Å². The number of halogens is 3. The lowest BCUT2D eigenvalue weighted by Crippen LogP contribution is -2.14. The van der Waals surface area contributed by atoms with Gasteiger partial charge in [-0.3, -0.25) is 4.79 Å². The third-order valence-corrected chi connectivity index (χ3v) is 3.15. The summed E-state index contributed by atoms with van der Waals surface area (Å²) in [7, 11) is 0. The van der Waals surface area contributed by atoms with Gasteiger partial charge in [0.05, 0.1) is 17.5 Å². The molecule has 2 rings (SSSR count). The van der Waals surface area contributed by atoms with Crippen molar-refractivity contribution in [3.8, 4) is 17.2 Å². The summed E-state index contributed by atoms with van der Waals surface area (Å²) in [6.07, 6.45) is -4.74. The fourth-order valence-corrected chi connectivity index (χ4v) is 2.26. The maximum Gasteiger partial charge on any atom is 0.417 e. The molecule has 0 unspecified atom stereocenters. The topological polar surface area (TPSA) is 66.9 Å². The van der Waals surface area contributed by atoms with Crippen LogP contribution in [0.25, 0.3) is 11.1 Å². The van der Waals surface area contributed by atoms with E-state index in [9.17, 15) is 18.0 Å². The molecule has 2 aromatic rings. The molecule has 0 heterocycles. The molecule has 0 bridgehead atoms. The molecule has 0 radical (unpaired) electrons. The number of nitrogens with zero attached hydrogens (tertiary/aromatic N) is 1. The SMILES string of the molecule is N#Cc1c(-c2ccccc2CC(N)=O)cccc1C(F)(F)F. The summed E-state index contributed by atoms with van der Waals surface area (Å²) < 4.78 is 39.0.